The maximum Gasteiger partial charge on any atom is 0.174 e. The minimum absolute atomic E-state index is 0.0616. The van der Waals surface area contributed by atoms with Gasteiger partial charge in [0.15, 0.2) is 5.78 Å². The molecule has 0 N–H and O–H groups in total. The van der Waals surface area contributed by atoms with Crippen LogP contribution in [0.2, 0.25) is 0 Å². The maximum absolute atomic E-state index is 13.5. The van der Waals surface area contributed by atoms with Gasteiger partial charge in [-0.2, -0.15) is 0 Å². The van der Waals surface area contributed by atoms with E-state index in [1.807, 2.05) is 0 Å². The van der Waals surface area contributed by atoms with E-state index in [1.165, 1.54) is 47.1 Å². The van der Waals surface area contributed by atoms with E-state index in [9.17, 15) is 4.79 Å². The van der Waals surface area contributed by atoms with Crippen LogP contribution in [0, 0.1) is 0 Å². The standard InChI is InChI=1S/C23H26O/c1-3-15-9-11-17(12-10-15)21-16(4-2)13-19-14-18-7-5-6-8-20(18)22(19)23(21)24/h9-13,21H,3-8,14H2,1-2H3. The third-order valence-electron chi connectivity index (χ3n) is 5.98. The largest absolute Gasteiger partial charge is 0.293 e. The molecule has 0 fully saturated rings. The second-order valence-corrected chi connectivity index (χ2v) is 7.33. The average molecular weight is 318 g/mol. The Bertz CT molecular complexity index is 771. The molecule has 0 aliphatic heterocycles. The Hall–Kier alpha value is -1.89. The van der Waals surface area contributed by atoms with Crippen LogP contribution in [0.3, 0.4) is 0 Å². The molecule has 3 aliphatic rings. The fourth-order valence-corrected chi connectivity index (χ4v) is 4.64. The van der Waals surface area contributed by atoms with Crippen LogP contribution in [-0.4, -0.2) is 5.78 Å². The minimum Gasteiger partial charge on any atom is -0.293 e. The highest BCUT2D eigenvalue weighted by atomic mass is 16.1. The number of fused-ring (bicyclic) bond motifs is 1. The number of allylic oxidation sites excluding steroid dienone is 6. The normalized spacial score (nSPS) is 23.3. The summed E-state index contributed by atoms with van der Waals surface area (Å²) in [6.45, 7) is 4.35. The van der Waals surface area contributed by atoms with Crippen LogP contribution in [0.15, 0.2) is 58.2 Å². The van der Waals surface area contributed by atoms with E-state index in [-0.39, 0.29) is 5.92 Å². The third kappa shape index (κ3) is 2.42. The van der Waals surface area contributed by atoms with Crippen molar-refractivity contribution in [2.75, 3.05) is 0 Å². The van der Waals surface area contributed by atoms with E-state index >= 15 is 0 Å². The summed E-state index contributed by atoms with van der Waals surface area (Å²) >= 11 is 0. The molecule has 1 aromatic carbocycles. The predicted molar refractivity (Wildman–Crippen MR) is 99.1 cm³/mol. The Labute approximate surface area is 145 Å². The molecule has 1 heteroatoms. The van der Waals surface area contributed by atoms with E-state index in [0.717, 1.165) is 31.3 Å². The smallest absolute Gasteiger partial charge is 0.174 e. The van der Waals surface area contributed by atoms with Crippen LogP contribution in [0.1, 0.15) is 69.4 Å². The first-order valence-electron chi connectivity index (χ1n) is 9.50. The molecule has 0 saturated heterocycles. The summed E-state index contributed by atoms with van der Waals surface area (Å²) in [5, 5.41) is 0. The molecule has 124 valence electrons. The third-order valence-corrected chi connectivity index (χ3v) is 5.98. The van der Waals surface area contributed by atoms with E-state index in [0.29, 0.717) is 5.78 Å². The summed E-state index contributed by atoms with van der Waals surface area (Å²) in [4.78, 5) is 13.5. The number of benzene rings is 1. The van der Waals surface area contributed by atoms with E-state index in [1.54, 1.807) is 5.57 Å². The Morgan fingerprint density at radius 3 is 2.46 bits per heavy atom. The molecule has 3 aliphatic carbocycles. The van der Waals surface area contributed by atoms with Crippen LogP contribution in [0.4, 0.5) is 0 Å². The van der Waals surface area contributed by atoms with Crippen molar-refractivity contribution in [3.05, 3.63) is 69.3 Å². The topological polar surface area (TPSA) is 17.1 Å². The highest BCUT2D eigenvalue weighted by molar-refractivity contribution is 6.09. The molecule has 0 saturated carbocycles. The second-order valence-electron chi connectivity index (χ2n) is 7.33. The number of hydrogen-bond acceptors (Lipinski definition) is 1. The van der Waals surface area contributed by atoms with Crippen molar-refractivity contribution in [1.82, 2.24) is 0 Å². The zero-order chi connectivity index (χ0) is 16.7. The number of ketones is 1. The lowest BCUT2D eigenvalue weighted by molar-refractivity contribution is -0.116. The van der Waals surface area contributed by atoms with Crippen molar-refractivity contribution >= 4 is 5.78 Å². The van der Waals surface area contributed by atoms with Gasteiger partial charge in [0.25, 0.3) is 0 Å². The maximum atomic E-state index is 13.5. The first-order chi connectivity index (χ1) is 11.7. The van der Waals surface area contributed by atoms with Crippen LogP contribution in [-0.2, 0) is 11.2 Å². The first-order valence-corrected chi connectivity index (χ1v) is 9.50. The van der Waals surface area contributed by atoms with Gasteiger partial charge in [0, 0.05) is 5.57 Å². The SMILES string of the molecule is CCC1=CC2=C(C(=O)C1c1ccc(CC)cc1)C1=C(CCCC1)C2. The van der Waals surface area contributed by atoms with Gasteiger partial charge in [0.05, 0.1) is 5.92 Å². The number of Topliss-reactive ketones (excluding diaryl/α,β-unsaturated/α-hetero) is 1. The summed E-state index contributed by atoms with van der Waals surface area (Å²) in [6.07, 6.45) is 10.2. The molecule has 1 aromatic rings. The fourth-order valence-electron chi connectivity index (χ4n) is 4.64. The van der Waals surface area contributed by atoms with Crippen molar-refractivity contribution in [2.45, 2.75) is 64.7 Å². The molecule has 0 amide bonds. The Morgan fingerprint density at radius 1 is 1.00 bits per heavy atom. The number of carbonyl (C=O) groups excluding carboxylic acids is 1. The summed E-state index contributed by atoms with van der Waals surface area (Å²) in [6, 6.07) is 8.70. The molecule has 0 bridgehead atoms. The summed E-state index contributed by atoms with van der Waals surface area (Å²) in [5.41, 5.74) is 9.15. The molecule has 0 aromatic heterocycles. The van der Waals surface area contributed by atoms with Gasteiger partial charge < -0.3 is 0 Å². The van der Waals surface area contributed by atoms with E-state index in [2.05, 4.69) is 44.2 Å². The zero-order valence-electron chi connectivity index (χ0n) is 14.8. The molecule has 24 heavy (non-hydrogen) atoms. The van der Waals surface area contributed by atoms with Crippen LogP contribution in [0.5, 0.6) is 0 Å². The summed E-state index contributed by atoms with van der Waals surface area (Å²) in [7, 11) is 0. The quantitative estimate of drug-likeness (QED) is 0.686. The zero-order valence-corrected chi connectivity index (χ0v) is 14.8. The number of carbonyl (C=O) groups is 1. The van der Waals surface area contributed by atoms with Gasteiger partial charge >= 0.3 is 0 Å². The molecular weight excluding hydrogens is 292 g/mol. The van der Waals surface area contributed by atoms with Gasteiger partial charge in [-0.25, -0.2) is 0 Å². The lowest BCUT2D eigenvalue weighted by atomic mass is 9.76. The Kier molecular flexibility index (Phi) is 4.04. The monoisotopic (exact) mass is 318 g/mol. The van der Waals surface area contributed by atoms with Gasteiger partial charge in [-0.15, -0.1) is 0 Å². The molecular formula is C23H26O. The molecule has 1 nitrogen and oxygen atoms in total. The van der Waals surface area contributed by atoms with Gasteiger partial charge in [-0.1, -0.05) is 55.3 Å². The Morgan fingerprint density at radius 2 is 1.75 bits per heavy atom. The predicted octanol–water partition coefficient (Wildman–Crippen LogP) is 5.82. The van der Waals surface area contributed by atoms with E-state index in [4.69, 9.17) is 0 Å². The van der Waals surface area contributed by atoms with Crippen molar-refractivity contribution in [3.63, 3.8) is 0 Å². The van der Waals surface area contributed by atoms with Crippen molar-refractivity contribution in [2.24, 2.45) is 0 Å². The molecule has 0 heterocycles. The minimum atomic E-state index is -0.0616. The number of rotatable bonds is 3. The number of aryl methyl sites for hydroxylation is 1. The van der Waals surface area contributed by atoms with Gasteiger partial charge in [0.1, 0.15) is 0 Å². The van der Waals surface area contributed by atoms with Crippen LogP contribution >= 0.6 is 0 Å². The number of hydrogen-bond donors (Lipinski definition) is 0. The highest BCUT2D eigenvalue weighted by Crippen LogP contribution is 2.48. The summed E-state index contributed by atoms with van der Waals surface area (Å²) < 4.78 is 0. The molecule has 0 radical (unpaired) electrons. The molecule has 1 unspecified atom stereocenters. The molecule has 1 atom stereocenters. The van der Waals surface area contributed by atoms with Gasteiger partial charge in [0.2, 0.25) is 0 Å². The van der Waals surface area contributed by atoms with Gasteiger partial charge in [-0.05, 0) is 67.2 Å². The van der Waals surface area contributed by atoms with Crippen LogP contribution < -0.4 is 0 Å². The molecule has 4 rings (SSSR count). The lowest BCUT2D eigenvalue weighted by Crippen LogP contribution is -2.22. The van der Waals surface area contributed by atoms with E-state index < -0.39 is 0 Å². The Balaban J connectivity index is 1.75. The van der Waals surface area contributed by atoms with Gasteiger partial charge in [-0.3, -0.25) is 4.79 Å². The van der Waals surface area contributed by atoms with Crippen LogP contribution in [0.25, 0.3) is 0 Å². The second kappa shape index (κ2) is 6.20. The lowest BCUT2D eigenvalue weighted by Gasteiger charge is -2.26. The van der Waals surface area contributed by atoms with Crippen molar-refractivity contribution in [1.29, 1.82) is 0 Å². The summed E-state index contributed by atoms with van der Waals surface area (Å²) in [5.74, 6) is 0.300. The highest BCUT2D eigenvalue weighted by Gasteiger charge is 2.37. The first kappa shape index (κ1) is 15.6. The molecule has 0 spiro atoms. The fraction of sp³-hybridized carbons (Fsp3) is 0.435. The van der Waals surface area contributed by atoms with Crippen molar-refractivity contribution in [3.8, 4) is 0 Å². The van der Waals surface area contributed by atoms with Crippen molar-refractivity contribution < 1.29 is 4.79 Å². The average Bonchev–Trinajstić information content (AvgIpc) is 3.00.